The standard InChI is InChI=1S/C15H25N3O/c1-15(2,3)14-12-13(4-5-16-14)18-8-6-17(7-9-18)10-11-19/h4-5,12,19H,6-11H2,1-3H3. The first kappa shape index (κ1) is 14.3. The number of β-amino-alcohol motifs (C(OH)–C–C–N with tert-alkyl or cyclic N) is 1. The van der Waals surface area contributed by atoms with Gasteiger partial charge in [0, 0.05) is 55.7 Å². The van der Waals surface area contributed by atoms with Crippen molar-refractivity contribution in [1.82, 2.24) is 9.88 Å². The molecule has 0 unspecified atom stereocenters. The van der Waals surface area contributed by atoms with E-state index >= 15 is 0 Å². The highest BCUT2D eigenvalue weighted by Crippen LogP contribution is 2.24. The minimum Gasteiger partial charge on any atom is -0.395 e. The van der Waals surface area contributed by atoms with Crippen LogP contribution in [-0.4, -0.2) is 54.3 Å². The van der Waals surface area contributed by atoms with Crippen molar-refractivity contribution in [3.05, 3.63) is 24.0 Å². The van der Waals surface area contributed by atoms with Crippen LogP contribution >= 0.6 is 0 Å². The molecule has 1 aromatic rings. The van der Waals surface area contributed by atoms with Crippen LogP contribution in [0.2, 0.25) is 0 Å². The molecule has 1 aliphatic heterocycles. The van der Waals surface area contributed by atoms with Crippen LogP contribution in [0.15, 0.2) is 18.3 Å². The summed E-state index contributed by atoms with van der Waals surface area (Å²) in [6.45, 7) is 11.7. The largest absolute Gasteiger partial charge is 0.395 e. The molecule has 4 heteroatoms. The normalized spacial score (nSPS) is 17.8. The maximum Gasteiger partial charge on any atom is 0.0558 e. The lowest BCUT2D eigenvalue weighted by Crippen LogP contribution is -2.47. The Morgan fingerprint density at radius 1 is 1.21 bits per heavy atom. The molecule has 2 rings (SSSR count). The van der Waals surface area contributed by atoms with Gasteiger partial charge in [0.1, 0.15) is 0 Å². The first-order valence-electron chi connectivity index (χ1n) is 7.05. The molecule has 1 fully saturated rings. The molecule has 0 bridgehead atoms. The van der Waals surface area contributed by atoms with Crippen LogP contribution in [0.3, 0.4) is 0 Å². The minimum absolute atomic E-state index is 0.0920. The van der Waals surface area contributed by atoms with Crippen LogP contribution in [0, 0.1) is 0 Å². The maximum atomic E-state index is 8.96. The molecular formula is C15H25N3O. The second-order valence-corrected chi connectivity index (χ2v) is 6.20. The van der Waals surface area contributed by atoms with E-state index in [2.05, 4.69) is 47.7 Å². The fourth-order valence-electron chi connectivity index (χ4n) is 2.40. The van der Waals surface area contributed by atoms with Gasteiger partial charge in [-0.2, -0.15) is 0 Å². The van der Waals surface area contributed by atoms with Gasteiger partial charge < -0.3 is 10.0 Å². The predicted molar refractivity (Wildman–Crippen MR) is 78.7 cm³/mol. The summed E-state index contributed by atoms with van der Waals surface area (Å²) in [5, 5.41) is 8.96. The van der Waals surface area contributed by atoms with Crippen molar-refractivity contribution in [2.75, 3.05) is 44.2 Å². The molecule has 0 radical (unpaired) electrons. The smallest absolute Gasteiger partial charge is 0.0558 e. The first-order chi connectivity index (χ1) is 9.00. The molecule has 19 heavy (non-hydrogen) atoms. The zero-order valence-corrected chi connectivity index (χ0v) is 12.3. The number of hydrogen-bond acceptors (Lipinski definition) is 4. The van der Waals surface area contributed by atoms with Gasteiger partial charge in [-0.3, -0.25) is 9.88 Å². The van der Waals surface area contributed by atoms with Crippen molar-refractivity contribution >= 4 is 5.69 Å². The van der Waals surface area contributed by atoms with E-state index in [1.807, 2.05) is 6.20 Å². The molecule has 1 aliphatic rings. The molecule has 0 amide bonds. The van der Waals surface area contributed by atoms with Gasteiger partial charge >= 0.3 is 0 Å². The van der Waals surface area contributed by atoms with Gasteiger partial charge in [-0.25, -0.2) is 0 Å². The van der Waals surface area contributed by atoms with Crippen LogP contribution in [0.25, 0.3) is 0 Å². The van der Waals surface area contributed by atoms with Gasteiger partial charge in [-0.1, -0.05) is 20.8 Å². The van der Waals surface area contributed by atoms with Crippen LogP contribution in [0.5, 0.6) is 0 Å². The van der Waals surface area contributed by atoms with E-state index in [4.69, 9.17) is 5.11 Å². The Morgan fingerprint density at radius 2 is 1.89 bits per heavy atom. The summed E-state index contributed by atoms with van der Waals surface area (Å²) in [6, 6.07) is 4.30. The maximum absolute atomic E-state index is 8.96. The van der Waals surface area contributed by atoms with Gasteiger partial charge in [-0.15, -0.1) is 0 Å². The van der Waals surface area contributed by atoms with Gasteiger partial charge in [0.15, 0.2) is 0 Å². The Morgan fingerprint density at radius 3 is 2.47 bits per heavy atom. The zero-order chi connectivity index (χ0) is 13.9. The zero-order valence-electron chi connectivity index (χ0n) is 12.3. The molecule has 106 valence electrons. The lowest BCUT2D eigenvalue weighted by molar-refractivity contribution is 0.189. The molecule has 0 aliphatic carbocycles. The molecule has 1 aromatic heterocycles. The molecule has 1 N–H and O–H groups in total. The minimum atomic E-state index is 0.0920. The molecule has 0 saturated carbocycles. The van der Waals surface area contributed by atoms with Crippen molar-refractivity contribution in [2.24, 2.45) is 0 Å². The second kappa shape index (κ2) is 5.88. The summed E-state index contributed by atoms with van der Waals surface area (Å²) in [7, 11) is 0. The van der Waals surface area contributed by atoms with Gasteiger partial charge in [0.05, 0.1) is 6.61 Å². The van der Waals surface area contributed by atoms with E-state index in [0.29, 0.717) is 0 Å². The van der Waals surface area contributed by atoms with Crippen molar-refractivity contribution in [2.45, 2.75) is 26.2 Å². The highest BCUT2D eigenvalue weighted by Gasteiger charge is 2.20. The Balaban J connectivity index is 2.03. The Bertz CT molecular complexity index is 406. The number of anilines is 1. The quantitative estimate of drug-likeness (QED) is 0.897. The number of piperazine rings is 1. The third-order valence-electron chi connectivity index (χ3n) is 3.67. The van der Waals surface area contributed by atoms with Crippen molar-refractivity contribution in [3.63, 3.8) is 0 Å². The summed E-state index contributed by atoms with van der Waals surface area (Å²) in [5.74, 6) is 0. The van der Waals surface area contributed by atoms with Crippen LogP contribution in [0.1, 0.15) is 26.5 Å². The van der Waals surface area contributed by atoms with Crippen LogP contribution in [0.4, 0.5) is 5.69 Å². The molecule has 1 saturated heterocycles. The van der Waals surface area contributed by atoms with E-state index in [1.165, 1.54) is 5.69 Å². The van der Waals surface area contributed by atoms with Gasteiger partial charge in [0.25, 0.3) is 0 Å². The average molecular weight is 263 g/mol. The van der Waals surface area contributed by atoms with Gasteiger partial charge in [-0.05, 0) is 12.1 Å². The fourth-order valence-corrected chi connectivity index (χ4v) is 2.40. The highest BCUT2D eigenvalue weighted by atomic mass is 16.3. The monoisotopic (exact) mass is 263 g/mol. The van der Waals surface area contributed by atoms with Crippen LogP contribution < -0.4 is 4.90 Å². The number of aliphatic hydroxyl groups excluding tert-OH is 1. The Hall–Kier alpha value is -1.13. The topological polar surface area (TPSA) is 39.6 Å². The van der Waals surface area contributed by atoms with E-state index < -0.39 is 0 Å². The molecule has 0 atom stereocenters. The lowest BCUT2D eigenvalue weighted by Gasteiger charge is -2.36. The predicted octanol–water partition coefficient (Wildman–Crippen LogP) is 1.49. The molecule has 2 heterocycles. The number of rotatable bonds is 3. The van der Waals surface area contributed by atoms with E-state index in [-0.39, 0.29) is 12.0 Å². The number of pyridine rings is 1. The summed E-state index contributed by atoms with van der Waals surface area (Å²) in [4.78, 5) is 9.20. The van der Waals surface area contributed by atoms with E-state index in [1.54, 1.807) is 0 Å². The number of aromatic nitrogens is 1. The summed E-state index contributed by atoms with van der Waals surface area (Å²) in [5.41, 5.74) is 2.50. The Labute approximate surface area is 116 Å². The first-order valence-corrected chi connectivity index (χ1v) is 7.05. The summed E-state index contributed by atoms with van der Waals surface area (Å²) in [6.07, 6.45) is 1.91. The van der Waals surface area contributed by atoms with Gasteiger partial charge in [0.2, 0.25) is 0 Å². The second-order valence-electron chi connectivity index (χ2n) is 6.20. The number of hydrogen-bond donors (Lipinski definition) is 1. The highest BCUT2D eigenvalue weighted by molar-refractivity contribution is 5.48. The molecule has 0 spiro atoms. The third-order valence-corrected chi connectivity index (χ3v) is 3.67. The number of nitrogens with zero attached hydrogens (tertiary/aromatic N) is 3. The molecule has 4 nitrogen and oxygen atoms in total. The summed E-state index contributed by atoms with van der Waals surface area (Å²) < 4.78 is 0. The Kier molecular flexibility index (Phi) is 4.42. The van der Waals surface area contributed by atoms with Crippen molar-refractivity contribution < 1.29 is 5.11 Å². The third kappa shape index (κ3) is 3.67. The average Bonchev–Trinajstić information content (AvgIpc) is 2.39. The van der Waals surface area contributed by atoms with E-state index in [9.17, 15) is 0 Å². The van der Waals surface area contributed by atoms with Crippen molar-refractivity contribution in [1.29, 1.82) is 0 Å². The summed E-state index contributed by atoms with van der Waals surface area (Å²) >= 11 is 0. The van der Waals surface area contributed by atoms with Crippen LogP contribution in [-0.2, 0) is 5.41 Å². The SMILES string of the molecule is CC(C)(C)c1cc(N2CCN(CCO)CC2)ccn1. The number of aliphatic hydroxyl groups is 1. The fraction of sp³-hybridized carbons (Fsp3) is 0.667. The molecular weight excluding hydrogens is 238 g/mol. The molecule has 0 aromatic carbocycles. The van der Waals surface area contributed by atoms with Crippen molar-refractivity contribution in [3.8, 4) is 0 Å². The van der Waals surface area contributed by atoms with E-state index in [0.717, 1.165) is 38.4 Å². The lowest BCUT2D eigenvalue weighted by atomic mass is 9.91.